The summed E-state index contributed by atoms with van der Waals surface area (Å²) in [5, 5.41) is 9.77. The highest BCUT2D eigenvalue weighted by Gasteiger charge is 2.20. The normalized spacial score (nSPS) is 15.6. The topological polar surface area (TPSA) is 59.1 Å². The highest BCUT2D eigenvalue weighted by Crippen LogP contribution is 2.21. The summed E-state index contributed by atoms with van der Waals surface area (Å²) < 4.78 is 0.876. The smallest absolute Gasteiger partial charge is 0.0756 e. The van der Waals surface area contributed by atoms with Crippen LogP contribution in [0.15, 0.2) is 22.9 Å². The Bertz CT molecular complexity index is 304. The predicted molar refractivity (Wildman–Crippen MR) is 59.7 cm³/mol. The van der Waals surface area contributed by atoms with Crippen molar-refractivity contribution in [3.8, 4) is 0 Å². The molecule has 0 saturated carbocycles. The first-order valence-electron chi connectivity index (χ1n) is 4.56. The van der Waals surface area contributed by atoms with Crippen LogP contribution in [0.1, 0.15) is 25.5 Å². The summed E-state index contributed by atoms with van der Waals surface area (Å²) in [5.74, 6) is 0.143. The quantitative estimate of drug-likeness (QED) is 0.871. The van der Waals surface area contributed by atoms with Crippen molar-refractivity contribution >= 4 is 15.9 Å². The molecule has 0 radical (unpaired) electrons. The van der Waals surface area contributed by atoms with Gasteiger partial charge in [-0.25, -0.2) is 0 Å². The van der Waals surface area contributed by atoms with Crippen molar-refractivity contribution in [2.75, 3.05) is 0 Å². The van der Waals surface area contributed by atoms with Crippen LogP contribution in [-0.4, -0.2) is 16.2 Å². The van der Waals surface area contributed by atoms with Gasteiger partial charge in [-0.2, -0.15) is 0 Å². The summed E-state index contributed by atoms with van der Waals surface area (Å²) >= 11 is 3.32. The average Bonchev–Trinajstić information content (AvgIpc) is 2.15. The zero-order valence-corrected chi connectivity index (χ0v) is 9.90. The lowest BCUT2D eigenvalue weighted by Crippen LogP contribution is -2.30. The van der Waals surface area contributed by atoms with E-state index < -0.39 is 6.10 Å². The molecule has 1 rings (SSSR count). The number of rotatable bonds is 3. The number of aliphatic hydroxyl groups is 1. The van der Waals surface area contributed by atoms with E-state index in [2.05, 4.69) is 20.9 Å². The van der Waals surface area contributed by atoms with Gasteiger partial charge in [0.2, 0.25) is 0 Å². The third-order valence-electron chi connectivity index (χ3n) is 2.16. The molecule has 0 aromatic carbocycles. The lowest BCUT2D eigenvalue weighted by Gasteiger charge is -2.22. The van der Waals surface area contributed by atoms with E-state index in [4.69, 9.17) is 5.73 Å². The molecular weight excluding hydrogens is 244 g/mol. The number of nitrogens with two attached hydrogens (primary N) is 1. The van der Waals surface area contributed by atoms with Gasteiger partial charge in [0.15, 0.2) is 0 Å². The standard InChI is InChI=1S/C10H15BrN2O/c1-6(2)10(14)9(12)7-3-8(11)5-13-4-7/h3-6,9-10,14H,12H2,1-2H3. The molecule has 0 fully saturated rings. The molecule has 2 atom stereocenters. The molecule has 0 aliphatic heterocycles. The highest BCUT2D eigenvalue weighted by molar-refractivity contribution is 9.10. The van der Waals surface area contributed by atoms with Crippen molar-refractivity contribution < 1.29 is 5.11 Å². The SMILES string of the molecule is CC(C)C(O)C(N)c1cncc(Br)c1. The number of aliphatic hydroxyl groups excluding tert-OH is 1. The lowest BCUT2D eigenvalue weighted by molar-refractivity contribution is 0.0978. The first kappa shape index (κ1) is 11.6. The number of hydrogen-bond donors (Lipinski definition) is 2. The molecule has 78 valence electrons. The molecule has 3 nitrogen and oxygen atoms in total. The van der Waals surface area contributed by atoms with E-state index in [1.54, 1.807) is 12.4 Å². The maximum absolute atomic E-state index is 9.77. The number of hydrogen-bond acceptors (Lipinski definition) is 3. The zero-order valence-electron chi connectivity index (χ0n) is 8.31. The minimum Gasteiger partial charge on any atom is -0.391 e. The zero-order chi connectivity index (χ0) is 10.7. The summed E-state index contributed by atoms with van der Waals surface area (Å²) in [5.41, 5.74) is 6.75. The van der Waals surface area contributed by atoms with Gasteiger partial charge in [0.25, 0.3) is 0 Å². The highest BCUT2D eigenvalue weighted by atomic mass is 79.9. The molecule has 0 bridgehead atoms. The van der Waals surface area contributed by atoms with Gasteiger partial charge in [-0.05, 0) is 33.5 Å². The minimum atomic E-state index is -0.536. The minimum absolute atomic E-state index is 0.143. The molecule has 0 amide bonds. The van der Waals surface area contributed by atoms with Crippen LogP contribution in [0.25, 0.3) is 0 Å². The summed E-state index contributed by atoms with van der Waals surface area (Å²) in [7, 11) is 0. The Labute approximate surface area is 92.5 Å². The number of pyridine rings is 1. The average molecular weight is 259 g/mol. The van der Waals surface area contributed by atoms with Gasteiger partial charge in [0.05, 0.1) is 12.1 Å². The first-order chi connectivity index (χ1) is 6.52. The van der Waals surface area contributed by atoms with Gasteiger partial charge < -0.3 is 10.8 Å². The molecule has 0 aliphatic carbocycles. The molecule has 1 aromatic rings. The Morgan fingerprint density at radius 3 is 2.57 bits per heavy atom. The summed E-state index contributed by atoms with van der Waals surface area (Å²) in [4.78, 5) is 4.01. The largest absolute Gasteiger partial charge is 0.391 e. The molecular formula is C10H15BrN2O. The predicted octanol–water partition coefficient (Wildman–Crippen LogP) is 1.86. The number of aromatic nitrogens is 1. The third kappa shape index (κ3) is 2.77. The monoisotopic (exact) mass is 258 g/mol. The van der Waals surface area contributed by atoms with E-state index >= 15 is 0 Å². The van der Waals surface area contributed by atoms with Crippen molar-refractivity contribution in [2.45, 2.75) is 26.0 Å². The van der Waals surface area contributed by atoms with Crippen LogP contribution >= 0.6 is 15.9 Å². The molecule has 0 saturated heterocycles. The Hall–Kier alpha value is -0.450. The maximum Gasteiger partial charge on any atom is 0.0756 e. The van der Waals surface area contributed by atoms with Crippen LogP contribution in [0.2, 0.25) is 0 Å². The molecule has 0 aliphatic rings. The van der Waals surface area contributed by atoms with E-state index in [9.17, 15) is 5.11 Å². The van der Waals surface area contributed by atoms with E-state index in [1.165, 1.54) is 0 Å². The number of nitrogens with zero attached hydrogens (tertiary/aromatic N) is 1. The van der Waals surface area contributed by atoms with Gasteiger partial charge >= 0.3 is 0 Å². The Kier molecular flexibility index (Phi) is 4.04. The fraction of sp³-hybridized carbons (Fsp3) is 0.500. The van der Waals surface area contributed by atoms with Crippen molar-refractivity contribution in [1.82, 2.24) is 4.98 Å². The molecule has 2 unspecified atom stereocenters. The van der Waals surface area contributed by atoms with Crippen LogP contribution in [0, 0.1) is 5.92 Å². The van der Waals surface area contributed by atoms with Crippen LogP contribution < -0.4 is 5.73 Å². The molecule has 14 heavy (non-hydrogen) atoms. The Balaban J connectivity index is 2.83. The van der Waals surface area contributed by atoms with E-state index in [0.29, 0.717) is 0 Å². The summed E-state index contributed by atoms with van der Waals surface area (Å²) in [6, 6.07) is 1.50. The molecule has 1 heterocycles. The lowest BCUT2D eigenvalue weighted by atomic mass is 9.96. The Morgan fingerprint density at radius 2 is 2.07 bits per heavy atom. The van der Waals surface area contributed by atoms with E-state index in [1.807, 2.05) is 19.9 Å². The van der Waals surface area contributed by atoms with Gasteiger partial charge in [-0.15, -0.1) is 0 Å². The Morgan fingerprint density at radius 1 is 1.43 bits per heavy atom. The fourth-order valence-electron chi connectivity index (χ4n) is 1.22. The fourth-order valence-corrected chi connectivity index (χ4v) is 1.60. The van der Waals surface area contributed by atoms with Crippen LogP contribution in [0.4, 0.5) is 0 Å². The number of halogens is 1. The van der Waals surface area contributed by atoms with Crippen LogP contribution in [0.3, 0.4) is 0 Å². The van der Waals surface area contributed by atoms with Crippen molar-refractivity contribution in [3.05, 3.63) is 28.5 Å². The van der Waals surface area contributed by atoms with E-state index in [-0.39, 0.29) is 12.0 Å². The van der Waals surface area contributed by atoms with Gasteiger partial charge in [0, 0.05) is 16.9 Å². The third-order valence-corrected chi connectivity index (χ3v) is 2.60. The van der Waals surface area contributed by atoms with Crippen LogP contribution in [0.5, 0.6) is 0 Å². The van der Waals surface area contributed by atoms with Crippen molar-refractivity contribution in [2.24, 2.45) is 11.7 Å². The molecule has 3 N–H and O–H groups in total. The molecule has 1 aromatic heterocycles. The molecule has 4 heteroatoms. The van der Waals surface area contributed by atoms with Crippen molar-refractivity contribution in [3.63, 3.8) is 0 Å². The van der Waals surface area contributed by atoms with Crippen molar-refractivity contribution in [1.29, 1.82) is 0 Å². The second kappa shape index (κ2) is 4.87. The maximum atomic E-state index is 9.77. The van der Waals surface area contributed by atoms with Crippen LogP contribution in [-0.2, 0) is 0 Å². The van der Waals surface area contributed by atoms with Gasteiger partial charge in [-0.3, -0.25) is 4.98 Å². The summed E-state index contributed by atoms with van der Waals surface area (Å²) in [6.45, 7) is 3.88. The van der Waals surface area contributed by atoms with Gasteiger partial charge in [-0.1, -0.05) is 13.8 Å². The van der Waals surface area contributed by atoms with E-state index in [0.717, 1.165) is 10.0 Å². The second-order valence-corrected chi connectivity index (χ2v) is 4.61. The molecule has 0 spiro atoms. The summed E-state index contributed by atoms with van der Waals surface area (Å²) in [6.07, 6.45) is 2.84. The second-order valence-electron chi connectivity index (χ2n) is 3.70. The first-order valence-corrected chi connectivity index (χ1v) is 5.35. The van der Waals surface area contributed by atoms with Gasteiger partial charge in [0.1, 0.15) is 0 Å².